The zero-order valence-electron chi connectivity index (χ0n) is 17.2. The number of hydrogen-bond acceptors (Lipinski definition) is 6. The highest BCUT2D eigenvalue weighted by atomic mass is 32.2. The molecule has 7 nitrogen and oxygen atoms in total. The fourth-order valence-corrected chi connectivity index (χ4v) is 3.92. The molecule has 0 fully saturated rings. The molecule has 0 amide bonds. The van der Waals surface area contributed by atoms with E-state index in [0.717, 1.165) is 11.1 Å². The maximum absolute atomic E-state index is 13.0. The summed E-state index contributed by atoms with van der Waals surface area (Å²) in [4.78, 5) is 8.43. The van der Waals surface area contributed by atoms with Crippen LogP contribution in [0.2, 0.25) is 0 Å². The molecule has 0 radical (unpaired) electrons. The Hall–Kier alpha value is -2.97. The number of benzene rings is 2. The molecule has 0 saturated carbocycles. The predicted octanol–water partition coefficient (Wildman–Crippen LogP) is 3.75. The minimum Gasteiger partial charge on any atom is -0.475 e. The Bertz CT molecular complexity index is 1100. The van der Waals surface area contributed by atoms with Crippen molar-refractivity contribution < 1.29 is 18.3 Å². The van der Waals surface area contributed by atoms with Gasteiger partial charge in [-0.1, -0.05) is 55.8 Å². The number of nitrogens with zero attached hydrogens (tertiary/aromatic N) is 2. The van der Waals surface area contributed by atoms with Gasteiger partial charge in [-0.05, 0) is 36.1 Å². The van der Waals surface area contributed by atoms with Gasteiger partial charge < -0.3 is 9.84 Å². The molecule has 0 aliphatic heterocycles. The van der Waals surface area contributed by atoms with Crippen molar-refractivity contribution in [2.75, 3.05) is 17.9 Å². The van der Waals surface area contributed by atoms with Crippen LogP contribution in [0.3, 0.4) is 0 Å². The maximum Gasteiger partial charge on any atom is 0.263 e. The van der Waals surface area contributed by atoms with E-state index in [0.29, 0.717) is 17.0 Å². The van der Waals surface area contributed by atoms with Gasteiger partial charge in [0.25, 0.3) is 10.0 Å². The molecule has 158 valence electrons. The number of ether oxygens (including phenoxy) is 1. The van der Waals surface area contributed by atoms with Crippen molar-refractivity contribution in [3.8, 4) is 17.0 Å². The standard InChI is InChI=1S/C22H25N3O4S/c1-15(2)17-8-10-19(11-9-17)30(27,28)25-21-20(18-6-4-16(3)5-7-18)22(24-14-23-21)29-13-12-26/h4-11,14-15,26H,12-13H2,1-3H3,(H,23,24,25). The number of aromatic nitrogens is 2. The summed E-state index contributed by atoms with van der Waals surface area (Å²) in [6.45, 7) is 5.88. The minimum absolute atomic E-state index is 0.0265. The van der Waals surface area contributed by atoms with E-state index in [1.54, 1.807) is 24.3 Å². The van der Waals surface area contributed by atoms with Crippen LogP contribution in [0, 0.1) is 6.92 Å². The van der Waals surface area contributed by atoms with Gasteiger partial charge in [-0.25, -0.2) is 18.4 Å². The van der Waals surface area contributed by atoms with Crippen LogP contribution >= 0.6 is 0 Å². The van der Waals surface area contributed by atoms with Crippen molar-refractivity contribution in [1.29, 1.82) is 0 Å². The first-order valence-electron chi connectivity index (χ1n) is 9.60. The summed E-state index contributed by atoms with van der Waals surface area (Å²) in [6.07, 6.45) is 1.23. The molecule has 0 atom stereocenters. The molecule has 0 bridgehead atoms. The molecule has 3 rings (SSSR count). The van der Waals surface area contributed by atoms with E-state index in [9.17, 15) is 8.42 Å². The smallest absolute Gasteiger partial charge is 0.263 e. The highest BCUT2D eigenvalue weighted by Crippen LogP contribution is 2.35. The lowest BCUT2D eigenvalue weighted by Gasteiger charge is -2.15. The van der Waals surface area contributed by atoms with Crippen molar-refractivity contribution in [3.63, 3.8) is 0 Å². The van der Waals surface area contributed by atoms with Crippen LogP contribution in [0.1, 0.15) is 30.9 Å². The average molecular weight is 428 g/mol. The minimum atomic E-state index is -3.88. The van der Waals surface area contributed by atoms with Crippen LogP contribution in [0.25, 0.3) is 11.1 Å². The zero-order valence-corrected chi connectivity index (χ0v) is 18.0. The Balaban J connectivity index is 2.03. The van der Waals surface area contributed by atoms with Crippen LogP contribution in [0.15, 0.2) is 59.8 Å². The zero-order chi connectivity index (χ0) is 21.7. The lowest BCUT2D eigenvalue weighted by atomic mass is 10.0. The first kappa shape index (κ1) is 21.7. The van der Waals surface area contributed by atoms with Crippen LogP contribution < -0.4 is 9.46 Å². The van der Waals surface area contributed by atoms with Gasteiger partial charge in [0.2, 0.25) is 5.88 Å². The molecule has 0 spiro atoms. The molecule has 8 heteroatoms. The van der Waals surface area contributed by atoms with Crippen LogP contribution in [-0.4, -0.2) is 36.7 Å². The normalized spacial score (nSPS) is 11.5. The SMILES string of the molecule is Cc1ccc(-c2c(NS(=O)(=O)c3ccc(C(C)C)cc3)ncnc2OCCO)cc1. The molecule has 1 heterocycles. The molecule has 2 aromatic carbocycles. The molecule has 0 aliphatic rings. The van der Waals surface area contributed by atoms with E-state index in [4.69, 9.17) is 9.84 Å². The molecule has 2 N–H and O–H groups in total. The van der Waals surface area contributed by atoms with E-state index >= 15 is 0 Å². The number of sulfonamides is 1. The maximum atomic E-state index is 13.0. The Morgan fingerprint density at radius 1 is 1.03 bits per heavy atom. The highest BCUT2D eigenvalue weighted by molar-refractivity contribution is 7.92. The number of aliphatic hydroxyl groups is 1. The van der Waals surface area contributed by atoms with E-state index in [-0.39, 0.29) is 29.8 Å². The Kier molecular flexibility index (Phi) is 6.69. The number of aliphatic hydroxyl groups excluding tert-OH is 1. The fraction of sp³-hybridized carbons (Fsp3) is 0.273. The third-order valence-corrected chi connectivity index (χ3v) is 5.93. The first-order chi connectivity index (χ1) is 14.3. The molecule has 1 aromatic heterocycles. The van der Waals surface area contributed by atoms with Gasteiger partial charge in [0, 0.05) is 0 Å². The van der Waals surface area contributed by atoms with Crippen molar-refractivity contribution in [2.24, 2.45) is 0 Å². The Morgan fingerprint density at radius 2 is 1.70 bits per heavy atom. The molecule has 30 heavy (non-hydrogen) atoms. The van der Waals surface area contributed by atoms with Gasteiger partial charge in [0.1, 0.15) is 12.9 Å². The van der Waals surface area contributed by atoms with Crippen molar-refractivity contribution >= 4 is 15.8 Å². The van der Waals surface area contributed by atoms with Gasteiger partial charge in [0.15, 0.2) is 5.82 Å². The number of rotatable bonds is 8. The van der Waals surface area contributed by atoms with Crippen molar-refractivity contribution in [3.05, 3.63) is 66.0 Å². The van der Waals surface area contributed by atoms with E-state index in [1.807, 2.05) is 45.0 Å². The lowest BCUT2D eigenvalue weighted by Crippen LogP contribution is -2.16. The molecular weight excluding hydrogens is 402 g/mol. The van der Waals surface area contributed by atoms with E-state index in [1.165, 1.54) is 6.33 Å². The van der Waals surface area contributed by atoms with Crippen molar-refractivity contribution in [1.82, 2.24) is 9.97 Å². The van der Waals surface area contributed by atoms with Crippen molar-refractivity contribution in [2.45, 2.75) is 31.6 Å². The summed E-state index contributed by atoms with van der Waals surface area (Å²) < 4.78 is 34.1. The quantitative estimate of drug-likeness (QED) is 0.568. The van der Waals surface area contributed by atoms with E-state index < -0.39 is 10.0 Å². The van der Waals surface area contributed by atoms with Crippen LogP contribution in [0.4, 0.5) is 5.82 Å². The Morgan fingerprint density at radius 3 is 2.30 bits per heavy atom. The van der Waals surface area contributed by atoms with Gasteiger partial charge in [-0.2, -0.15) is 0 Å². The molecule has 0 unspecified atom stereocenters. The summed E-state index contributed by atoms with van der Waals surface area (Å²) in [6, 6.07) is 14.2. The topological polar surface area (TPSA) is 101 Å². The molecule has 0 aliphatic carbocycles. The van der Waals surface area contributed by atoms with Crippen LogP contribution in [0.5, 0.6) is 5.88 Å². The first-order valence-corrected chi connectivity index (χ1v) is 11.1. The third kappa shape index (κ3) is 4.95. The van der Waals surface area contributed by atoms with Gasteiger partial charge >= 0.3 is 0 Å². The summed E-state index contributed by atoms with van der Waals surface area (Å²) in [5.74, 6) is 0.599. The van der Waals surface area contributed by atoms with Gasteiger partial charge in [-0.15, -0.1) is 0 Å². The number of aryl methyl sites for hydroxylation is 1. The summed E-state index contributed by atoms with van der Waals surface area (Å²) in [7, 11) is -3.88. The summed E-state index contributed by atoms with van der Waals surface area (Å²) in [5.41, 5.74) is 3.21. The Labute approximate surface area is 176 Å². The second kappa shape index (κ2) is 9.23. The molecular formula is C22H25N3O4S. The lowest BCUT2D eigenvalue weighted by molar-refractivity contribution is 0.197. The third-order valence-electron chi connectivity index (χ3n) is 4.57. The number of hydrogen-bond donors (Lipinski definition) is 2. The van der Waals surface area contributed by atoms with Gasteiger partial charge in [-0.3, -0.25) is 4.72 Å². The summed E-state index contributed by atoms with van der Waals surface area (Å²) >= 11 is 0. The fourth-order valence-electron chi connectivity index (χ4n) is 2.90. The number of nitrogens with one attached hydrogen (secondary N) is 1. The van der Waals surface area contributed by atoms with Crippen LogP contribution in [-0.2, 0) is 10.0 Å². The average Bonchev–Trinajstić information content (AvgIpc) is 2.73. The largest absolute Gasteiger partial charge is 0.475 e. The summed E-state index contributed by atoms with van der Waals surface area (Å²) in [5, 5.41) is 9.11. The second-order valence-corrected chi connectivity index (χ2v) is 8.85. The second-order valence-electron chi connectivity index (χ2n) is 7.17. The number of anilines is 1. The molecule has 0 saturated heterocycles. The van der Waals surface area contributed by atoms with E-state index in [2.05, 4.69) is 14.7 Å². The highest BCUT2D eigenvalue weighted by Gasteiger charge is 2.21. The van der Waals surface area contributed by atoms with Gasteiger partial charge in [0.05, 0.1) is 17.1 Å². The molecule has 3 aromatic rings. The monoisotopic (exact) mass is 427 g/mol. The predicted molar refractivity (Wildman–Crippen MR) is 116 cm³/mol.